The van der Waals surface area contributed by atoms with E-state index in [-0.39, 0.29) is 0 Å². The van der Waals surface area contributed by atoms with Gasteiger partial charge in [-0.3, -0.25) is 4.90 Å². The van der Waals surface area contributed by atoms with Gasteiger partial charge in [-0.15, -0.1) is 0 Å². The van der Waals surface area contributed by atoms with Gasteiger partial charge in [0.1, 0.15) is 0 Å². The van der Waals surface area contributed by atoms with Crippen LogP contribution in [0.3, 0.4) is 0 Å². The zero-order valence-electron chi connectivity index (χ0n) is 12.8. The van der Waals surface area contributed by atoms with Crippen LogP contribution in [0, 0.1) is 5.92 Å². The molecule has 0 radical (unpaired) electrons. The number of nitrogens with zero attached hydrogens (tertiary/aromatic N) is 1. The van der Waals surface area contributed by atoms with Gasteiger partial charge in [-0.05, 0) is 64.1 Å². The molecule has 3 fully saturated rings. The van der Waals surface area contributed by atoms with Crippen molar-refractivity contribution in [3.05, 3.63) is 0 Å². The van der Waals surface area contributed by atoms with Crippen LogP contribution in [0.25, 0.3) is 0 Å². The van der Waals surface area contributed by atoms with Gasteiger partial charge in [-0.1, -0.05) is 32.6 Å². The predicted octanol–water partition coefficient (Wildman–Crippen LogP) is 3.56. The minimum Gasteiger partial charge on any atom is -0.312 e. The van der Waals surface area contributed by atoms with Crippen LogP contribution >= 0.6 is 0 Å². The molecule has 1 aliphatic heterocycles. The standard InChI is InChI=1S/C17H32N2/c1-2-11-18-16(14-15-7-8-15)17(9-3-4-10-17)19-12-5-6-13-19/h15-16,18H,2-14H2,1H3. The lowest BCUT2D eigenvalue weighted by Gasteiger charge is -2.46. The Balaban J connectivity index is 1.73. The van der Waals surface area contributed by atoms with Crippen molar-refractivity contribution in [1.82, 2.24) is 10.2 Å². The highest BCUT2D eigenvalue weighted by Gasteiger charge is 2.47. The van der Waals surface area contributed by atoms with Gasteiger partial charge in [0.15, 0.2) is 0 Å². The summed E-state index contributed by atoms with van der Waals surface area (Å²) >= 11 is 0. The van der Waals surface area contributed by atoms with Crippen molar-refractivity contribution in [1.29, 1.82) is 0 Å². The summed E-state index contributed by atoms with van der Waals surface area (Å²) < 4.78 is 0. The monoisotopic (exact) mass is 264 g/mol. The number of hydrogen-bond donors (Lipinski definition) is 1. The van der Waals surface area contributed by atoms with E-state index in [1.165, 1.54) is 83.8 Å². The molecule has 3 rings (SSSR count). The molecule has 0 aromatic rings. The van der Waals surface area contributed by atoms with Gasteiger partial charge in [0.05, 0.1) is 0 Å². The Morgan fingerprint density at radius 2 is 1.79 bits per heavy atom. The lowest BCUT2D eigenvalue weighted by Crippen LogP contribution is -2.59. The summed E-state index contributed by atoms with van der Waals surface area (Å²) in [6, 6.07) is 0.778. The van der Waals surface area contributed by atoms with Crippen molar-refractivity contribution in [3.63, 3.8) is 0 Å². The number of hydrogen-bond acceptors (Lipinski definition) is 2. The van der Waals surface area contributed by atoms with Crippen LogP contribution in [-0.2, 0) is 0 Å². The quantitative estimate of drug-likeness (QED) is 0.756. The lowest BCUT2D eigenvalue weighted by molar-refractivity contribution is 0.0705. The highest BCUT2D eigenvalue weighted by atomic mass is 15.2. The lowest BCUT2D eigenvalue weighted by atomic mass is 9.83. The first-order valence-electron chi connectivity index (χ1n) is 8.83. The molecule has 110 valence electrons. The van der Waals surface area contributed by atoms with Crippen LogP contribution in [0.5, 0.6) is 0 Å². The molecule has 1 heterocycles. The molecular weight excluding hydrogens is 232 g/mol. The summed E-state index contributed by atoms with van der Waals surface area (Å²) in [7, 11) is 0. The van der Waals surface area contributed by atoms with E-state index in [2.05, 4.69) is 17.1 Å². The normalized spacial score (nSPS) is 28.9. The maximum atomic E-state index is 3.96. The number of likely N-dealkylation sites (tertiary alicyclic amines) is 1. The molecule has 1 atom stereocenters. The Morgan fingerprint density at radius 1 is 1.11 bits per heavy atom. The highest BCUT2D eigenvalue weighted by molar-refractivity contribution is 5.06. The molecule has 2 aliphatic carbocycles. The van der Waals surface area contributed by atoms with E-state index >= 15 is 0 Å². The summed E-state index contributed by atoms with van der Waals surface area (Å²) in [5.74, 6) is 1.05. The molecule has 19 heavy (non-hydrogen) atoms. The van der Waals surface area contributed by atoms with E-state index in [4.69, 9.17) is 0 Å². The first-order chi connectivity index (χ1) is 9.35. The van der Waals surface area contributed by atoms with Gasteiger partial charge < -0.3 is 5.32 Å². The molecule has 0 aromatic carbocycles. The smallest absolute Gasteiger partial charge is 0.0362 e. The van der Waals surface area contributed by atoms with E-state index in [1.54, 1.807) is 0 Å². The second-order valence-electron chi connectivity index (χ2n) is 7.19. The summed E-state index contributed by atoms with van der Waals surface area (Å²) in [4.78, 5) is 2.88. The molecule has 2 nitrogen and oxygen atoms in total. The molecule has 0 spiro atoms. The molecule has 1 unspecified atom stereocenters. The number of nitrogens with one attached hydrogen (secondary N) is 1. The second-order valence-corrected chi connectivity index (χ2v) is 7.19. The van der Waals surface area contributed by atoms with Gasteiger partial charge >= 0.3 is 0 Å². The molecule has 3 aliphatic rings. The van der Waals surface area contributed by atoms with E-state index < -0.39 is 0 Å². The Labute approximate surface area is 119 Å². The molecule has 1 saturated heterocycles. The average molecular weight is 264 g/mol. The van der Waals surface area contributed by atoms with Crippen LogP contribution in [0.15, 0.2) is 0 Å². The Morgan fingerprint density at radius 3 is 2.37 bits per heavy atom. The van der Waals surface area contributed by atoms with Gasteiger partial charge in [-0.25, -0.2) is 0 Å². The third-order valence-electron chi connectivity index (χ3n) is 5.76. The maximum Gasteiger partial charge on any atom is 0.0362 e. The van der Waals surface area contributed by atoms with E-state index in [1.807, 2.05) is 0 Å². The van der Waals surface area contributed by atoms with E-state index in [0.717, 1.165) is 12.0 Å². The topological polar surface area (TPSA) is 15.3 Å². The second kappa shape index (κ2) is 6.13. The van der Waals surface area contributed by atoms with E-state index in [9.17, 15) is 0 Å². The SMILES string of the molecule is CCCNC(CC1CC1)C1(N2CCCC2)CCCC1. The van der Waals surface area contributed by atoms with Gasteiger partial charge in [0, 0.05) is 11.6 Å². The number of rotatable bonds is 7. The Kier molecular flexibility index (Phi) is 4.48. The fraction of sp³-hybridized carbons (Fsp3) is 1.00. The average Bonchev–Trinajstić information content (AvgIpc) is 2.93. The molecule has 2 heteroatoms. The molecule has 0 amide bonds. The first kappa shape index (κ1) is 13.9. The Bertz CT molecular complexity index is 273. The van der Waals surface area contributed by atoms with Gasteiger partial charge in [0.2, 0.25) is 0 Å². The molecule has 2 saturated carbocycles. The minimum atomic E-state index is 0.536. The fourth-order valence-corrected chi connectivity index (χ4v) is 4.53. The fourth-order valence-electron chi connectivity index (χ4n) is 4.53. The predicted molar refractivity (Wildman–Crippen MR) is 81.4 cm³/mol. The highest BCUT2D eigenvalue weighted by Crippen LogP contribution is 2.44. The molecule has 0 bridgehead atoms. The third kappa shape index (κ3) is 3.00. The van der Waals surface area contributed by atoms with Crippen LogP contribution in [0.4, 0.5) is 0 Å². The molecule has 1 N–H and O–H groups in total. The maximum absolute atomic E-state index is 3.96. The van der Waals surface area contributed by atoms with Crippen LogP contribution in [-0.4, -0.2) is 36.1 Å². The summed E-state index contributed by atoms with van der Waals surface area (Å²) in [6.45, 7) is 6.26. The summed E-state index contributed by atoms with van der Waals surface area (Å²) in [6.07, 6.45) is 14.4. The first-order valence-corrected chi connectivity index (χ1v) is 8.83. The largest absolute Gasteiger partial charge is 0.312 e. The third-order valence-corrected chi connectivity index (χ3v) is 5.76. The van der Waals surface area contributed by atoms with Crippen molar-refractivity contribution < 1.29 is 0 Å². The van der Waals surface area contributed by atoms with Crippen molar-refractivity contribution in [2.75, 3.05) is 19.6 Å². The van der Waals surface area contributed by atoms with Crippen LogP contribution < -0.4 is 5.32 Å². The van der Waals surface area contributed by atoms with Crippen molar-refractivity contribution >= 4 is 0 Å². The Hall–Kier alpha value is -0.0800. The van der Waals surface area contributed by atoms with Gasteiger partial charge in [-0.2, -0.15) is 0 Å². The van der Waals surface area contributed by atoms with Crippen molar-refractivity contribution in [2.24, 2.45) is 5.92 Å². The van der Waals surface area contributed by atoms with Crippen LogP contribution in [0.1, 0.15) is 71.1 Å². The van der Waals surface area contributed by atoms with Crippen molar-refractivity contribution in [3.8, 4) is 0 Å². The van der Waals surface area contributed by atoms with E-state index in [0.29, 0.717) is 5.54 Å². The molecular formula is C17H32N2. The zero-order chi connectivity index (χ0) is 13.1. The summed E-state index contributed by atoms with van der Waals surface area (Å²) in [5.41, 5.74) is 0.536. The summed E-state index contributed by atoms with van der Waals surface area (Å²) in [5, 5.41) is 3.96. The molecule has 0 aromatic heterocycles. The van der Waals surface area contributed by atoms with Crippen molar-refractivity contribution in [2.45, 2.75) is 82.7 Å². The minimum absolute atomic E-state index is 0.536. The van der Waals surface area contributed by atoms with Gasteiger partial charge in [0.25, 0.3) is 0 Å². The zero-order valence-corrected chi connectivity index (χ0v) is 12.8. The van der Waals surface area contributed by atoms with Crippen LogP contribution in [0.2, 0.25) is 0 Å².